The molecule has 0 saturated carbocycles. The number of nitrogens with zero attached hydrogens (tertiary/aromatic N) is 1. The third-order valence-electron chi connectivity index (χ3n) is 3.75. The van der Waals surface area contributed by atoms with E-state index < -0.39 is 0 Å². The van der Waals surface area contributed by atoms with Gasteiger partial charge in [0.1, 0.15) is 17.5 Å². The Labute approximate surface area is 124 Å². The van der Waals surface area contributed by atoms with Crippen LogP contribution in [0.5, 0.6) is 11.5 Å². The number of nitrogens with one attached hydrogen (secondary N) is 1. The maximum absolute atomic E-state index is 12.1. The van der Waals surface area contributed by atoms with Crippen molar-refractivity contribution in [1.82, 2.24) is 10.2 Å². The molecule has 0 amide bonds. The lowest BCUT2D eigenvalue weighted by atomic mass is 10.0. The maximum Gasteiger partial charge on any atom is 0.324 e. The van der Waals surface area contributed by atoms with E-state index in [9.17, 15) is 15.0 Å². The van der Waals surface area contributed by atoms with E-state index in [2.05, 4.69) is 5.32 Å². The number of ether oxygens (including phenoxy) is 1. The summed E-state index contributed by atoms with van der Waals surface area (Å²) in [5, 5.41) is 22.4. The molecule has 1 saturated heterocycles. The first kappa shape index (κ1) is 15.6. The first-order chi connectivity index (χ1) is 10.0. The minimum absolute atomic E-state index is 0.0136. The third-order valence-corrected chi connectivity index (χ3v) is 3.75. The van der Waals surface area contributed by atoms with Crippen molar-refractivity contribution in [3.05, 3.63) is 23.8 Å². The van der Waals surface area contributed by atoms with Crippen molar-refractivity contribution in [2.75, 3.05) is 26.2 Å². The summed E-state index contributed by atoms with van der Waals surface area (Å²) in [7, 11) is 0. The number of phenols is 2. The fourth-order valence-electron chi connectivity index (χ4n) is 2.69. The zero-order chi connectivity index (χ0) is 15.4. The summed E-state index contributed by atoms with van der Waals surface area (Å²) in [6.07, 6.45) is 0. The molecule has 116 valence electrons. The Kier molecular flexibility index (Phi) is 5.03. The Morgan fingerprint density at radius 1 is 1.43 bits per heavy atom. The standard InChI is InChI=1S/C15H22N2O4/c1-3-21-15(20)14-9-16-4-5-17(14)10(2)11-6-12(18)8-13(19)7-11/h6-8,10,14,16,18-19H,3-5,9H2,1-2H3. The summed E-state index contributed by atoms with van der Waals surface area (Å²) in [4.78, 5) is 14.1. The molecule has 1 aliphatic rings. The molecule has 6 nitrogen and oxygen atoms in total. The average molecular weight is 294 g/mol. The lowest BCUT2D eigenvalue weighted by Gasteiger charge is -2.38. The van der Waals surface area contributed by atoms with Gasteiger partial charge < -0.3 is 20.3 Å². The summed E-state index contributed by atoms with van der Waals surface area (Å²) in [5.74, 6) is -0.222. The van der Waals surface area contributed by atoms with Gasteiger partial charge >= 0.3 is 5.97 Å². The molecule has 6 heteroatoms. The second-order valence-corrected chi connectivity index (χ2v) is 5.17. The van der Waals surface area contributed by atoms with Gasteiger partial charge in [-0.05, 0) is 31.5 Å². The lowest BCUT2D eigenvalue weighted by molar-refractivity contribution is -0.151. The Balaban J connectivity index is 2.21. The molecular formula is C15H22N2O4. The Morgan fingerprint density at radius 2 is 2.10 bits per heavy atom. The van der Waals surface area contributed by atoms with Gasteiger partial charge in [0, 0.05) is 31.7 Å². The topological polar surface area (TPSA) is 82.0 Å². The number of carbonyl (C=O) groups excluding carboxylic acids is 1. The second-order valence-electron chi connectivity index (χ2n) is 5.17. The van der Waals surface area contributed by atoms with Crippen LogP contribution < -0.4 is 5.32 Å². The van der Waals surface area contributed by atoms with E-state index in [4.69, 9.17) is 4.74 Å². The highest BCUT2D eigenvalue weighted by molar-refractivity contribution is 5.76. The number of rotatable bonds is 4. The predicted octanol–water partition coefficient (Wildman–Crippen LogP) is 0.996. The van der Waals surface area contributed by atoms with E-state index in [1.54, 1.807) is 19.1 Å². The number of phenolic OH excluding ortho intramolecular Hbond substituents is 2. The average Bonchev–Trinajstić information content (AvgIpc) is 2.45. The molecule has 21 heavy (non-hydrogen) atoms. The van der Waals surface area contributed by atoms with E-state index in [1.807, 2.05) is 11.8 Å². The number of hydrogen-bond acceptors (Lipinski definition) is 6. The highest BCUT2D eigenvalue weighted by Gasteiger charge is 2.33. The molecule has 0 bridgehead atoms. The van der Waals surface area contributed by atoms with Gasteiger partial charge in [-0.15, -0.1) is 0 Å². The molecule has 2 unspecified atom stereocenters. The molecule has 0 aromatic heterocycles. The van der Waals surface area contributed by atoms with Gasteiger partial charge in [-0.3, -0.25) is 9.69 Å². The SMILES string of the molecule is CCOC(=O)C1CNCCN1C(C)c1cc(O)cc(O)c1. The van der Waals surface area contributed by atoms with Crippen LogP contribution in [0.15, 0.2) is 18.2 Å². The zero-order valence-electron chi connectivity index (χ0n) is 12.4. The highest BCUT2D eigenvalue weighted by atomic mass is 16.5. The fraction of sp³-hybridized carbons (Fsp3) is 0.533. The maximum atomic E-state index is 12.1. The Hall–Kier alpha value is -1.79. The van der Waals surface area contributed by atoms with Gasteiger partial charge in [-0.2, -0.15) is 0 Å². The molecule has 1 aromatic rings. The molecule has 1 fully saturated rings. The van der Waals surface area contributed by atoms with Crippen molar-refractivity contribution in [2.24, 2.45) is 0 Å². The summed E-state index contributed by atoms with van der Waals surface area (Å²) < 4.78 is 5.13. The van der Waals surface area contributed by atoms with Crippen LogP contribution in [-0.2, 0) is 9.53 Å². The van der Waals surface area contributed by atoms with E-state index in [0.29, 0.717) is 19.7 Å². The van der Waals surface area contributed by atoms with E-state index >= 15 is 0 Å². The normalized spacial score (nSPS) is 21.0. The van der Waals surface area contributed by atoms with Crippen molar-refractivity contribution in [3.8, 4) is 11.5 Å². The van der Waals surface area contributed by atoms with Crippen molar-refractivity contribution in [3.63, 3.8) is 0 Å². The van der Waals surface area contributed by atoms with Crippen LogP contribution >= 0.6 is 0 Å². The molecule has 3 N–H and O–H groups in total. The molecule has 1 aromatic carbocycles. The number of hydrogen-bond donors (Lipinski definition) is 3. The van der Waals surface area contributed by atoms with Gasteiger partial charge in [0.25, 0.3) is 0 Å². The van der Waals surface area contributed by atoms with Gasteiger partial charge in [0.05, 0.1) is 6.61 Å². The first-order valence-electron chi connectivity index (χ1n) is 7.19. The minimum Gasteiger partial charge on any atom is -0.508 e. The van der Waals surface area contributed by atoms with E-state index in [-0.39, 0.29) is 29.6 Å². The Morgan fingerprint density at radius 3 is 2.71 bits per heavy atom. The van der Waals surface area contributed by atoms with Crippen LogP contribution in [0.1, 0.15) is 25.5 Å². The van der Waals surface area contributed by atoms with E-state index in [0.717, 1.165) is 12.1 Å². The predicted molar refractivity (Wildman–Crippen MR) is 78.2 cm³/mol. The number of piperazine rings is 1. The molecule has 1 heterocycles. The zero-order valence-corrected chi connectivity index (χ0v) is 12.4. The van der Waals surface area contributed by atoms with Gasteiger partial charge in [0.15, 0.2) is 0 Å². The van der Waals surface area contributed by atoms with Crippen LogP contribution in [0.3, 0.4) is 0 Å². The summed E-state index contributed by atoms with van der Waals surface area (Å²) in [6.45, 7) is 6.10. The summed E-state index contributed by atoms with van der Waals surface area (Å²) in [6, 6.07) is 4.03. The van der Waals surface area contributed by atoms with Gasteiger partial charge in [-0.25, -0.2) is 0 Å². The van der Waals surface area contributed by atoms with Crippen molar-refractivity contribution < 1.29 is 19.7 Å². The number of aromatic hydroxyl groups is 2. The van der Waals surface area contributed by atoms with Crippen LogP contribution in [0, 0.1) is 0 Å². The number of benzene rings is 1. The number of esters is 1. The smallest absolute Gasteiger partial charge is 0.324 e. The summed E-state index contributed by atoms with van der Waals surface area (Å²) in [5.41, 5.74) is 0.767. The third kappa shape index (κ3) is 3.65. The second kappa shape index (κ2) is 6.78. The van der Waals surface area contributed by atoms with Crippen LogP contribution in [-0.4, -0.2) is 53.4 Å². The van der Waals surface area contributed by atoms with Crippen LogP contribution in [0.2, 0.25) is 0 Å². The molecular weight excluding hydrogens is 272 g/mol. The minimum atomic E-state index is -0.363. The van der Waals surface area contributed by atoms with Gasteiger partial charge in [-0.1, -0.05) is 0 Å². The molecule has 0 aliphatic carbocycles. The lowest BCUT2D eigenvalue weighted by Crippen LogP contribution is -2.55. The first-order valence-corrected chi connectivity index (χ1v) is 7.19. The number of carbonyl (C=O) groups is 1. The molecule has 1 aliphatic heterocycles. The molecule has 0 radical (unpaired) electrons. The van der Waals surface area contributed by atoms with Crippen LogP contribution in [0.4, 0.5) is 0 Å². The molecule has 0 spiro atoms. The Bertz CT molecular complexity index is 486. The van der Waals surface area contributed by atoms with Crippen LogP contribution in [0.25, 0.3) is 0 Å². The fourth-order valence-corrected chi connectivity index (χ4v) is 2.69. The molecule has 2 atom stereocenters. The van der Waals surface area contributed by atoms with Crippen molar-refractivity contribution in [2.45, 2.75) is 25.9 Å². The largest absolute Gasteiger partial charge is 0.508 e. The van der Waals surface area contributed by atoms with Crippen molar-refractivity contribution >= 4 is 5.97 Å². The highest BCUT2D eigenvalue weighted by Crippen LogP contribution is 2.29. The van der Waals surface area contributed by atoms with E-state index in [1.165, 1.54) is 6.07 Å². The van der Waals surface area contributed by atoms with Crippen molar-refractivity contribution in [1.29, 1.82) is 0 Å². The monoisotopic (exact) mass is 294 g/mol. The summed E-state index contributed by atoms with van der Waals surface area (Å²) >= 11 is 0. The molecule has 2 rings (SSSR count). The quantitative estimate of drug-likeness (QED) is 0.719. The van der Waals surface area contributed by atoms with Gasteiger partial charge in [0.2, 0.25) is 0 Å².